The number of halogens is 1. The van der Waals surface area contributed by atoms with Crippen LogP contribution in [0.25, 0.3) is 0 Å². The molecule has 0 aromatic carbocycles. The quantitative estimate of drug-likeness (QED) is 0.683. The Labute approximate surface area is 80.5 Å². The Bertz CT molecular complexity index is 153. The molecule has 3 atom stereocenters. The van der Waals surface area contributed by atoms with Crippen molar-refractivity contribution in [2.45, 2.75) is 37.6 Å². The first kappa shape index (κ1) is 8.94. The SMILES string of the molecule is BrCOC1CCC2OCOC2C1. The molecule has 2 fully saturated rings. The maximum absolute atomic E-state index is 5.47. The Morgan fingerprint density at radius 1 is 1.25 bits per heavy atom. The molecule has 3 unspecified atom stereocenters. The molecular weight excluding hydrogens is 224 g/mol. The molecule has 0 aromatic heterocycles. The van der Waals surface area contributed by atoms with Crippen LogP contribution in [-0.2, 0) is 14.2 Å². The Kier molecular flexibility index (Phi) is 3.01. The molecular formula is C8H13BrO3. The van der Waals surface area contributed by atoms with Crippen LogP contribution < -0.4 is 0 Å². The van der Waals surface area contributed by atoms with Crippen LogP contribution in [0.5, 0.6) is 0 Å². The fraction of sp³-hybridized carbons (Fsp3) is 1.00. The zero-order valence-electron chi connectivity index (χ0n) is 6.87. The zero-order chi connectivity index (χ0) is 8.39. The van der Waals surface area contributed by atoms with E-state index in [0.717, 1.165) is 19.3 Å². The maximum atomic E-state index is 5.47. The van der Waals surface area contributed by atoms with E-state index >= 15 is 0 Å². The molecule has 0 spiro atoms. The molecule has 2 aliphatic rings. The molecule has 1 aliphatic carbocycles. The molecule has 0 N–H and O–H groups in total. The molecule has 12 heavy (non-hydrogen) atoms. The molecule has 0 bridgehead atoms. The minimum Gasteiger partial charge on any atom is -0.367 e. The first-order valence-corrected chi connectivity index (χ1v) is 5.43. The second kappa shape index (κ2) is 4.05. The van der Waals surface area contributed by atoms with E-state index in [1.165, 1.54) is 0 Å². The lowest BCUT2D eigenvalue weighted by atomic mass is 9.92. The third-order valence-electron chi connectivity index (χ3n) is 2.55. The van der Waals surface area contributed by atoms with Gasteiger partial charge in [0, 0.05) is 6.42 Å². The topological polar surface area (TPSA) is 27.7 Å². The van der Waals surface area contributed by atoms with Crippen molar-refractivity contribution in [3.05, 3.63) is 0 Å². The van der Waals surface area contributed by atoms with Crippen LogP contribution >= 0.6 is 15.9 Å². The molecule has 3 nitrogen and oxygen atoms in total. The highest BCUT2D eigenvalue weighted by Gasteiger charge is 2.36. The molecule has 2 rings (SSSR count). The maximum Gasteiger partial charge on any atom is 0.147 e. The Balaban J connectivity index is 1.84. The van der Waals surface area contributed by atoms with Crippen molar-refractivity contribution in [3.63, 3.8) is 0 Å². The van der Waals surface area contributed by atoms with Gasteiger partial charge in [0.2, 0.25) is 0 Å². The third kappa shape index (κ3) is 1.82. The number of rotatable bonds is 2. The molecule has 4 heteroatoms. The minimum absolute atomic E-state index is 0.280. The largest absolute Gasteiger partial charge is 0.367 e. The van der Waals surface area contributed by atoms with Crippen LogP contribution in [0, 0.1) is 0 Å². The number of ether oxygens (including phenoxy) is 3. The van der Waals surface area contributed by atoms with Gasteiger partial charge in [0.1, 0.15) is 12.3 Å². The van der Waals surface area contributed by atoms with Crippen LogP contribution in [0.4, 0.5) is 0 Å². The summed E-state index contributed by atoms with van der Waals surface area (Å²) in [5, 5.41) is 0. The summed E-state index contributed by atoms with van der Waals surface area (Å²) in [5.74, 6) is 0. The van der Waals surface area contributed by atoms with E-state index in [0.29, 0.717) is 24.5 Å². The Morgan fingerprint density at radius 3 is 2.92 bits per heavy atom. The van der Waals surface area contributed by atoms with E-state index in [-0.39, 0.29) is 6.10 Å². The summed E-state index contributed by atoms with van der Waals surface area (Å²) in [6, 6.07) is 0. The zero-order valence-corrected chi connectivity index (χ0v) is 8.46. The van der Waals surface area contributed by atoms with Gasteiger partial charge >= 0.3 is 0 Å². The summed E-state index contributed by atoms with van der Waals surface area (Å²) < 4.78 is 16.3. The molecule has 1 saturated heterocycles. The summed E-state index contributed by atoms with van der Waals surface area (Å²) >= 11 is 3.26. The molecule has 0 radical (unpaired) electrons. The van der Waals surface area contributed by atoms with Gasteiger partial charge in [-0.15, -0.1) is 0 Å². The normalized spacial score (nSPS) is 41.2. The molecule has 0 amide bonds. The number of fused-ring (bicyclic) bond motifs is 1. The fourth-order valence-electron chi connectivity index (χ4n) is 1.89. The van der Waals surface area contributed by atoms with Crippen molar-refractivity contribution >= 4 is 15.9 Å². The number of alkyl halides is 1. The number of hydrogen-bond acceptors (Lipinski definition) is 3. The lowest BCUT2D eigenvalue weighted by molar-refractivity contribution is -0.00595. The van der Waals surface area contributed by atoms with Crippen molar-refractivity contribution < 1.29 is 14.2 Å². The smallest absolute Gasteiger partial charge is 0.147 e. The van der Waals surface area contributed by atoms with Gasteiger partial charge in [0.15, 0.2) is 0 Å². The van der Waals surface area contributed by atoms with Gasteiger partial charge in [-0.05, 0) is 12.8 Å². The summed E-state index contributed by atoms with van der Waals surface area (Å²) in [6.07, 6.45) is 4.12. The van der Waals surface area contributed by atoms with Crippen LogP contribution in [-0.4, -0.2) is 30.6 Å². The van der Waals surface area contributed by atoms with Crippen molar-refractivity contribution in [1.82, 2.24) is 0 Å². The number of hydrogen-bond donors (Lipinski definition) is 0. The second-order valence-corrected chi connectivity index (χ2v) is 3.70. The first-order chi connectivity index (χ1) is 5.90. The summed E-state index contributed by atoms with van der Waals surface area (Å²) in [7, 11) is 0. The fourth-order valence-corrected chi connectivity index (χ4v) is 2.26. The van der Waals surface area contributed by atoms with Gasteiger partial charge in [-0.25, -0.2) is 0 Å². The standard InChI is InChI=1S/C8H13BrO3/c9-4-10-6-1-2-7-8(3-6)12-5-11-7/h6-8H,1-5H2. The van der Waals surface area contributed by atoms with E-state index in [9.17, 15) is 0 Å². The summed E-state index contributed by atoms with van der Waals surface area (Å²) in [5.41, 5.74) is 0.621. The first-order valence-electron chi connectivity index (χ1n) is 4.31. The molecule has 1 heterocycles. The highest BCUT2D eigenvalue weighted by Crippen LogP contribution is 2.29. The lowest BCUT2D eigenvalue weighted by Crippen LogP contribution is -2.34. The highest BCUT2D eigenvalue weighted by molar-refractivity contribution is 9.09. The van der Waals surface area contributed by atoms with Crippen molar-refractivity contribution in [3.8, 4) is 0 Å². The van der Waals surface area contributed by atoms with Gasteiger partial charge in [0.05, 0.1) is 18.3 Å². The average Bonchev–Trinajstić information content (AvgIpc) is 2.51. The van der Waals surface area contributed by atoms with Gasteiger partial charge in [-0.1, -0.05) is 15.9 Å². The lowest BCUT2D eigenvalue weighted by Gasteiger charge is -2.28. The Morgan fingerprint density at radius 2 is 2.08 bits per heavy atom. The second-order valence-electron chi connectivity index (χ2n) is 3.24. The van der Waals surface area contributed by atoms with E-state index < -0.39 is 0 Å². The van der Waals surface area contributed by atoms with Crippen molar-refractivity contribution in [2.75, 3.05) is 12.3 Å². The molecule has 70 valence electrons. The highest BCUT2D eigenvalue weighted by atomic mass is 79.9. The predicted octanol–water partition coefficient (Wildman–Crippen LogP) is 1.65. The predicted molar refractivity (Wildman–Crippen MR) is 47.1 cm³/mol. The van der Waals surface area contributed by atoms with E-state index in [2.05, 4.69) is 15.9 Å². The van der Waals surface area contributed by atoms with Crippen LogP contribution in [0.15, 0.2) is 0 Å². The third-order valence-corrected chi connectivity index (χ3v) is 2.81. The monoisotopic (exact) mass is 236 g/mol. The molecule has 1 saturated carbocycles. The van der Waals surface area contributed by atoms with Gasteiger partial charge in [-0.3, -0.25) is 0 Å². The van der Waals surface area contributed by atoms with Crippen LogP contribution in [0.2, 0.25) is 0 Å². The van der Waals surface area contributed by atoms with Gasteiger partial charge in [0.25, 0.3) is 0 Å². The van der Waals surface area contributed by atoms with Crippen molar-refractivity contribution in [1.29, 1.82) is 0 Å². The Hall–Kier alpha value is 0.360. The van der Waals surface area contributed by atoms with Crippen LogP contribution in [0.3, 0.4) is 0 Å². The summed E-state index contributed by atoms with van der Waals surface area (Å²) in [6.45, 7) is 0.469. The molecule has 1 aliphatic heterocycles. The molecule has 0 aromatic rings. The van der Waals surface area contributed by atoms with E-state index in [1.807, 2.05) is 0 Å². The van der Waals surface area contributed by atoms with Crippen molar-refractivity contribution in [2.24, 2.45) is 0 Å². The van der Waals surface area contributed by atoms with Gasteiger partial charge < -0.3 is 14.2 Å². The van der Waals surface area contributed by atoms with Gasteiger partial charge in [-0.2, -0.15) is 0 Å². The minimum atomic E-state index is 0.280. The van der Waals surface area contributed by atoms with Crippen LogP contribution in [0.1, 0.15) is 19.3 Å². The average molecular weight is 237 g/mol. The van der Waals surface area contributed by atoms with E-state index in [1.54, 1.807) is 0 Å². The van der Waals surface area contributed by atoms with E-state index in [4.69, 9.17) is 14.2 Å². The summed E-state index contributed by atoms with van der Waals surface area (Å²) in [4.78, 5) is 0.